The monoisotopic (exact) mass is 394 g/mol. The molecule has 2 heterocycles. The highest BCUT2D eigenvalue weighted by molar-refractivity contribution is 9.10. The average Bonchev–Trinajstić information content (AvgIpc) is 2.45. The molecule has 2 rings (SSSR count). The Morgan fingerprint density at radius 1 is 1.17 bits per heavy atom. The fraction of sp³-hybridized carbons (Fsp3) is 0.688. The highest BCUT2D eigenvalue weighted by Crippen LogP contribution is 2.48. The van der Waals surface area contributed by atoms with Gasteiger partial charge < -0.3 is 5.11 Å². The Morgan fingerprint density at radius 3 is 2.13 bits per heavy atom. The van der Waals surface area contributed by atoms with E-state index in [1.54, 1.807) is 0 Å². The SMILES string of the molecule is CC(C)(C)N1CCC(C(O)(c2ccc(Br)nc2)C(F)(F)F)CC1. The van der Waals surface area contributed by atoms with Crippen LogP contribution in [0.25, 0.3) is 0 Å². The first kappa shape index (κ1) is 18.7. The third kappa shape index (κ3) is 3.72. The molecule has 1 aliphatic heterocycles. The lowest BCUT2D eigenvalue weighted by molar-refractivity contribution is -0.291. The molecule has 1 aromatic rings. The second-order valence-electron chi connectivity index (χ2n) is 7.07. The van der Waals surface area contributed by atoms with Crippen LogP contribution in [-0.4, -0.2) is 39.8 Å². The van der Waals surface area contributed by atoms with Gasteiger partial charge in [0.2, 0.25) is 0 Å². The maximum Gasteiger partial charge on any atom is 0.421 e. The van der Waals surface area contributed by atoms with E-state index in [1.165, 1.54) is 12.1 Å². The third-order valence-corrected chi connectivity index (χ3v) is 5.10. The average molecular weight is 395 g/mol. The second-order valence-corrected chi connectivity index (χ2v) is 7.88. The smallest absolute Gasteiger partial charge is 0.376 e. The van der Waals surface area contributed by atoms with Crippen LogP contribution in [0.4, 0.5) is 13.2 Å². The number of rotatable bonds is 2. The molecule has 0 bridgehead atoms. The number of hydrogen-bond donors (Lipinski definition) is 1. The Labute approximate surface area is 143 Å². The van der Waals surface area contributed by atoms with Crippen LogP contribution in [0, 0.1) is 5.92 Å². The van der Waals surface area contributed by atoms with Crippen molar-refractivity contribution in [2.24, 2.45) is 5.92 Å². The highest BCUT2D eigenvalue weighted by Gasteiger charge is 2.60. The van der Waals surface area contributed by atoms with Crippen LogP contribution in [0.2, 0.25) is 0 Å². The van der Waals surface area contributed by atoms with Gasteiger partial charge in [-0.2, -0.15) is 13.2 Å². The molecule has 1 atom stereocenters. The van der Waals surface area contributed by atoms with Crippen molar-refractivity contribution < 1.29 is 18.3 Å². The molecule has 0 amide bonds. The molecule has 1 unspecified atom stereocenters. The van der Waals surface area contributed by atoms with Gasteiger partial charge in [0.05, 0.1) is 0 Å². The number of pyridine rings is 1. The molecule has 1 saturated heterocycles. The van der Waals surface area contributed by atoms with E-state index >= 15 is 0 Å². The molecule has 23 heavy (non-hydrogen) atoms. The van der Waals surface area contributed by atoms with E-state index < -0.39 is 17.7 Å². The fourth-order valence-corrected chi connectivity index (χ4v) is 3.43. The standard InChI is InChI=1S/C16H22BrF3N2O/c1-14(2,3)22-8-6-11(7-9-22)15(23,16(18,19)20)12-4-5-13(17)21-10-12/h4-5,10-11,23H,6-9H2,1-3H3. The quantitative estimate of drug-likeness (QED) is 0.766. The van der Waals surface area contributed by atoms with Crippen molar-refractivity contribution >= 4 is 15.9 Å². The zero-order valence-electron chi connectivity index (χ0n) is 13.5. The van der Waals surface area contributed by atoms with Crippen molar-refractivity contribution in [2.45, 2.75) is 50.9 Å². The first-order valence-electron chi connectivity index (χ1n) is 7.62. The number of alkyl halides is 3. The summed E-state index contributed by atoms with van der Waals surface area (Å²) in [5, 5.41) is 10.6. The van der Waals surface area contributed by atoms with Crippen LogP contribution in [0.5, 0.6) is 0 Å². The molecular formula is C16H22BrF3N2O. The fourth-order valence-electron chi connectivity index (χ4n) is 3.20. The lowest BCUT2D eigenvalue weighted by Crippen LogP contribution is -2.54. The zero-order chi connectivity index (χ0) is 17.5. The summed E-state index contributed by atoms with van der Waals surface area (Å²) < 4.78 is 41.5. The van der Waals surface area contributed by atoms with E-state index in [0.29, 0.717) is 30.5 Å². The molecule has 0 spiro atoms. The highest BCUT2D eigenvalue weighted by atomic mass is 79.9. The van der Waals surface area contributed by atoms with Gasteiger partial charge in [-0.3, -0.25) is 4.90 Å². The van der Waals surface area contributed by atoms with Crippen LogP contribution in [-0.2, 0) is 5.60 Å². The Balaban J connectivity index is 2.29. The van der Waals surface area contributed by atoms with E-state index in [4.69, 9.17) is 0 Å². The maximum atomic E-state index is 13.7. The number of halogens is 4. The minimum absolute atomic E-state index is 0.0829. The molecule has 0 aromatic carbocycles. The van der Waals surface area contributed by atoms with Crippen molar-refractivity contribution in [1.29, 1.82) is 0 Å². The molecule has 7 heteroatoms. The molecule has 3 nitrogen and oxygen atoms in total. The van der Waals surface area contributed by atoms with Crippen LogP contribution in [0.3, 0.4) is 0 Å². The van der Waals surface area contributed by atoms with Crippen molar-refractivity contribution in [3.63, 3.8) is 0 Å². The predicted octanol–water partition coefficient (Wildman–Crippen LogP) is 4.10. The van der Waals surface area contributed by atoms with Crippen molar-refractivity contribution in [3.05, 3.63) is 28.5 Å². The first-order chi connectivity index (χ1) is 10.5. The van der Waals surface area contributed by atoms with Crippen LogP contribution in [0.15, 0.2) is 22.9 Å². The van der Waals surface area contributed by atoms with Gasteiger partial charge in [-0.05, 0) is 68.7 Å². The largest absolute Gasteiger partial charge is 0.421 e. The number of aromatic nitrogens is 1. The van der Waals surface area contributed by atoms with Gasteiger partial charge in [-0.1, -0.05) is 6.07 Å². The van der Waals surface area contributed by atoms with Gasteiger partial charge >= 0.3 is 6.18 Å². The van der Waals surface area contributed by atoms with Gasteiger partial charge in [0.15, 0.2) is 5.60 Å². The number of piperidine rings is 1. The molecule has 130 valence electrons. The number of nitrogens with zero attached hydrogens (tertiary/aromatic N) is 2. The molecule has 1 aliphatic rings. The summed E-state index contributed by atoms with van der Waals surface area (Å²) in [7, 11) is 0. The van der Waals surface area contributed by atoms with E-state index in [2.05, 4.69) is 25.8 Å². The van der Waals surface area contributed by atoms with Gasteiger partial charge in [0.1, 0.15) is 4.60 Å². The summed E-state index contributed by atoms with van der Waals surface area (Å²) in [5.74, 6) is -0.871. The van der Waals surface area contributed by atoms with Crippen molar-refractivity contribution in [1.82, 2.24) is 9.88 Å². The summed E-state index contributed by atoms with van der Waals surface area (Å²) in [6.45, 7) is 7.21. The van der Waals surface area contributed by atoms with E-state index in [9.17, 15) is 18.3 Å². The van der Waals surface area contributed by atoms with Crippen molar-refractivity contribution in [3.8, 4) is 0 Å². The number of likely N-dealkylation sites (tertiary alicyclic amines) is 1. The van der Waals surface area contributed by atoms with Gasteiger partial charge in [-0.15, -0.1) is 0 Å². The van der Waals surface area contributed by atoms with E-state index in [1.807, 2.05) is 20.8 Å². The summed E-state index contributed by atoms with van der Waals surface area (Å²) in [6.07, 6.45) is -3.04. The maximum absolute atomic E-state index is 13.7. The molecule has 0 radical (unpaired) electrons. The Kier molecular flexibility index (Phi) is 5.14. The van der Waals surface area contributed by atoms with Crippen LogP contribution in [0.1, 0.15) is 39.2 Å². The Hall–Kier alpha value is -0.660. The first-order valence-corrected chi connectivity index (χ1v) is 8.41. The van der Waals surface area contributed by atoms with Gasteiger partial charge in [0, 0.05) is 23.2 Å². The van der Waals surface area contributed by atoms with Crippen LogP contribution >= 0.6 is 15.9 Å². The van der Waals surface area contributed by atoms with E-state index in [0.717, 1.165) is 6.20 Å². The van der Waals surface area contributed by atoms with E-state index in [-0.39, 0.29) is 11.1 Å². The van der Waals surface area contributed by atoms with Crippen LogP contribution < -0.4 is 0 Å². The lowest BCUT2D eigenvalue weighted by atomic mass is 9.75. The van der Waals surface area contributed by atoms with Crippen molar-refractivity contribution in [2.75, 3.05) is 13.1 Å². The topological polar surface area (TPSA) is 36.4 Å². The minimum Gasteiger partial charge on any atom is -0.376 e. The molecule has 0 aliphatic carbocycles. The number of aliphatic hydroxyl groups is 1. The summed E-state index contributed by atoms with van der Waals surface area (Å²) in [6, 6.07) is 2.72. The zero-order valence-corrected chi connectivity index (χ0v) is 15.1. The molecular weight excluding hydrogens is 373 g/mol. The minimum atomic E-state index is -4.74. The molecule has 1 aromatic heterocycles. The summed E-state index contributed by atoms with van der Waals surface area (Å²) in [5.41, 5.74) is -3.13. The second kappa shape index (κ2) is 6.33. The molecule has 1 N–H and O–H groups in total. The summed E-state index contributed by atoms with van der Waals surface area (Å²) >= 11 is 3.11. The number of hydrogen-bond acceptors (Lipinski definition) is 3. The Bertz CT molecular complexity index is 534. The third-order valence-electron chi connectivity index (χ3n) is 4.63. The molecule has 1 fully saturated rings. The van der Waals surface area contributed by atoms with Gasteiger partial charge in [-0.25, -0.2) is 4.98 Å². The summed E-state index contributed by atoms with van der Waals surface area (Å²) in [4.78, 5) is 6.01. The Morgan fingerprint density at radius 2 is 1.74 bits per heavy atom. The normalized spacial score (nSPS) is 21.2. The molecule has 0 saturated carbocycles. The van der Waals surface area contributed by atoms with Gasteiger partial charge in [0.25, 0.3) is 0 Å². The lowest BCUT2D eigenvalue weighted by Gasteiger charge is -2.46. The predicted molar refractivity (Wildman–Crippen MR) is 85.9 cm³/mol.